The van der Waals surface area contributed by atoms with Crippen LogP contribution in [0, 0.1) is 0 Å². The molecule has 2 aromatic rings. The Bertz CT molecular complexity index is 1060. The van der Waals surface area contributed by atoms with Gasteiger partial charge >= 0.3 is 12.0 Å². The minimum atomic E-state index is -0.829. The minimum absolute atomic E-state index is 0.220. The summed E-state index contributed by atoms with van der Waals surface area (Å²) in [5.74, 6) is -1.56. The van der Waals surface area contributed by atoms with Crippen molar-refractivity contribution in [2.75, 3.05) is 11.5 Å². The Morgan fingerprint density at radius 1 is 1.10 bits per heavy atom. The van der Waals surface area contributed by atoms with Gasteiger partial charge in [-0.3, -0.25) is 19.7 Å². The van der Waals surface area contributed by atoms with E-state index in [0.29, 0.717) is 17.9 Å². The Kier molecular flexibility index (Phi) is 6.31. The van der Waals surface area contributed by atoms with Crippen molar-refractivity contribution in [2.45, 2.75) is 13.8 Å². The molecule has 1 N–H and O–H groups in total. The lowest BCUT2D eigenvalue weighted by Gasteiger charge is -2.26. The number of carbonyl (C=O) groups excluding carboxylic acids is 4. The fourth-order valence-corrected chi connectivity index (χ4v) is 3.04. The van der Waals surface area contributed by atoms with Gasteiger partial charge in [-0.25, -0.2) is 9.69 Å². The van der Waals surface area contributed by atoms with Crippen LogP contribution in [-0.4, -0.2) is 30.4 Å². The van der Waals surface area contributed by atoms with Gasteiger partial charge < -0.3 is 9.47 Å². The number of hydrogen-bond acceptors (Lipinski definition) is 6. The predicted octanol–water partition coefficient (Wildman–Crippen LogP) is 3.44. The Hall–Kier alpha value is -3.46. The summed E-state index contributed by atoms with van der Waals surface area (Å²) in [5, 5.41) is 2.17. The van der Waals surface area contributed by atoms with Crippen molar-refractivity contribution in [2.24, 2.45) is 0 Å². The quantitative estimate of drug-likeness (QED) is 0.309. The highest BCUT2D eigenvalue weighted by Crippen LogP contribution is 2.30. The number of nitrogens with one attached hydrogen (secondary N) is 1. The van der Waals surface area contributed by atoms with Gasteiger partial charge in [0.15, 0.2) is 11.5 Å². The number of benzene rings is 2. The molecular formula is C21H17BrN2O6. The van der Waals surface area contributed by atoms with Crippen molar-refractivity contribution in [1.29, 1.82) is 0 Å². The summed E-state index contributed by atoms with van der Waals surface area (Å²) in [7, 11) is 0. The van der Waals surface area contributed by atoms with Gasteiger partial charge in [0.2, 0.25) is 0 Å². The fourth-order valence-electron chi connectivity index (χ4n) is 2.77. The SMILES string of the molecule is CCOc1cc(C=C2C(=O)NC(=O)N(c3ccc(Br)cc3)C2=O)ccc1OC(C)=O. The number of urea groups is 1. The van der Waals surface area contributed by atoms with Crippen molar-refractivity contribution in [3.63, 3.8) is 0 Å². The molecule has 0 saturated carbocycles. The number of barbiturate groups is 1. The zero-order valence-corrected chi connectivity index (χ0v) is 17.7. The van der Waals surface area contributed by atoms with E-state index in [2.05, 4.69) is 21.2 Å². The van der Waals surface area contributed by atoms with Crippen LogP contribution in [0.15, 0.2) is 52.5 Å². The second kappa shape index (κ2) is 8.91. The summed E-state index contributed by atoms with van der Waals surface area (Å²) in [5.41, 5.74) is 0.553. The van der Waals surface area contributed by atoms with E-state index in [1.807, 2.05) is 0 Å². The molecule has 2 aromatic carbocycles. The number of anilines is 1. The van der Waals surface area contributed by atoms with Crippen molar-refractivity contribution >= 4 is 51.5 Å². The van der Waals surface area contributed by atoms with E-state index < -0.39 is 23.8 Å². The van der Waals surface area contributed by atoms with Crippen molar-refractivity contribution in [1.82, 2.24) is 5.32 Å². The Morgan fingerprint density at radius 3 is 2.43 bits per heavy atom. The Labute approximate surface area is 180 Å². The zero-order valence-electron chi connectivity index (χ0n) is 16.1. The van der Waals surface area contributed by atoms with Crippen LogP contribution >= 0.6 is 15.9 Å². The number of nitrogens with zero attached hydrogens (tertiary/aromatic N) is 1. The van der Waals surface area contributed by atoms with E-state index >= 15 is 0 Å². The van der Waals surface area contributed by atoms with Gasteiger partial charge in [0.25, 0.3) is 11.8 Å². The average molecular weight is 473 g/mol. The normalized spacial score (nSPS) is 15.2. The van der Waals surface area contributed by atoms with Gasteiger partial charge in [0.1, 0.15) is 5.57 Å². The summed E-state index contributed by atoms with van der Waals surface area (Å²) in [4.78, 5) is 49.6. The van der Waals surface area contributed by atoms with Crippen LogP contribution in [0.2, 0.25) is 0 Å². The molecule has 0 bridgehead atoms. The monoisotopic (exact) mass is 472 g/mol. The molecule has 0 aliphatic carbocycles. The number of imide groups is 2. The summed E-state index contributed by atoms with van der Waals surface area (Å²) in [6.45, 7) is 3.35. The number of hydrogen-bond donors (Lipinski definition) is 1. The van der Waals surface area contributed by atoms with Crippen LogP contribution in [0.1, 0.15) is 19.4 Å². The summed E-state index contributed by atoms with van der Waals surface area (Å²) < 4.78 is 11.4. The Balaban J connectivity index is 1.98. The molecule has 4 amide bonds. The topological polar surface area (TPSA) is 102 Å². The molecule has 0 radical (unpaired) electrons. The van der Waals surface area contributed by atoms with Crippen molar-refractivity contribution < 1.29 is 28.7 Å². The maximum atomic E-state index is 12.9. The van der Waals surface area contributed by atoms with Crippen LogP contribution < -0.4 is 19.7 Å². The summed E-state index contributed by atoms with van der Waals surface area (Å²) in [6.07, 6.45) is 1.34. The number of rotatable bonds is 5. The van der Waals surface area contributed by atoms with Crippen molar-refractivity contribution in [3.8, 4) is 11.5 Å². The molecule has 9 heteroatoms. The van der Waals surface area contributed by atoms with Gasteiger partial charge in [-0.1, -0.05) is 22.0 Å². The molecule has 0 atom stereocenters. The number of carbonyl (C=O) groups is 4. The third kappa shape index (κ3) is 4.57. The van der Waals surface area contributed by atoms with Gasteiger partial charge in [0.05, 0.1) is 12.3 Å². The molecule has 0 aromatic heterocycles. The molecule has 3 rings (SSSR count). The first-order chi connectivity index (χ1) is 14.3. The lowest BCUT2D eigenvalue weighted by Crippen LogP contribution is -2.54. The largest absolute Gasteiger partial charge is 0.490 e. The molecule has 1 saturated heterocycles. The van der Waals surface area contributed by atoms with Crippen LogP contribution in [0.5, 0.6) is 11.5 Å². The maximum Gasteiger partial charge on any atom is 0.335 e. The second-order valence-corrected chi connectivity index (χ2v) is 7.08. The lowest BCUT2D eigenvalue weighted by molar-refractivity contribution is -0.132. The summed E-state index contributed by atoms with van der Waals surface area (Å²) >= 11 is 3.29. The summed E-state index contributed by atoms with van der Waals surface area (Å²) in [6, 6.07) is 10.3. The smallest absolute Gasteiger partial charge is 0.335 e. The maximum absolute atomic E-state index is 12.9. The molecule has 1 heterocycles. The van der Waals surface area contributed by atoms with E-state index in [-0.39, 0.29) is 17.1 Å². The van der Waals surface area contributed by atoms with E-state index in [9.17, 15) is 19.2 Å². The van der Waals surface area contributed by atoms with E-state index in [4.69, 9.17) is 9.47 Å². The first kappa shape index (κ1) is 21.3. The molecule has 0 spiro atoms. The van der Waals surface area contributed by atoms with Crippen LogP contribution in [0.3, 0.4) is 0 Å². The highest BCUT2D eigenvalue weighted by Gasteiger charge is 2.36. The third-order valence-electron chi connectivity index (χ3n) is 4.02. The number of ether oxygens (including phenoxy) is 2. The van der Waals surface area contributed by atoms with Crippen LogP contribution in [0.25, 0.3) is 6.08 Å². The third-order valence-corrected chi connectivity index (χ3v) is 4.55. The molecule has 154 valence electrons. The van der Waals surface area contributed by atoms with Gasteiger partial charge in [0, 0.05) is 11.4 Å². The first-order valence-corrected chi connectivity index (χ1v) is 9.71. The number of amides is 4. The average Bonchev–Trinajstić information content (AvgIpc) is 2.68. The van der Waals surface area contributed by atoms with Gasteiger partial charge in [-0.2, -0.15) is 0 Å². The fraction of sp³-hybridized carbons (Fsp3) is 0.143. The molecule has 0 unspecified atom stereocenters. The standard InChI is InChI=1S/C21H17BrN2O6/c1-3-29-18-11-13(4-9-17(18)30-12(2)25)10-16-19(26)23-21(28)24(20(16)27)15-7-5-14(22)6-8-15/h4-11H,3H2,1-2H3,(H,23,26,28). The van der Waals surface area contributed by atoms with Gasteiger partial charge in [-0.15, -0.1) is 0 Å². The van der Waals surface area contributed by atoms with Crippen LogP contribution in [0.4, 0.5) is 10.5 Å². The van der Waals surface area contributed by atoms with Gasteiger partial charge in [-0.05, 0) is 55.0 Å². The lowest BCUT2D eigenvalue weighted by atomic mass is 10.1. The highest BCUT2D eigenvalue weighted by molar-refractivity contribution is 9.10. The number of esters is 1. The van der Waals surface area contributed by atoms with E-state index in [1.165, 1.54) is 25.1 Å². The van der Waals surface area contributed by atoms with Crippen molar-refractivity contribution in [3.05, 3.63) is 58.1 Å². The molecule has 1 fully saturated rings. The highest BCUT2D eigenvalue weighted by atomic mass is 79.9. The predicted molar refractivity (Wildman–Crippen MR) is 112 cm³/mol. The van der Waals surface area contributed by atoms with E-state index in [1.54, 1.807) is 37.3 Å². The van der Waals surface area contributed by atoms with E-state index in [0.717, 1.165) is 9.37 Å². The molecule has 1 aliphatic heterocycles. The zero-order chi connectivity index (χ0) is 21.8. The van der Waals surface area contributed by atoms with Crippen LogP contribution in [-0.2, 0) is 14.4 Å². The second-order valence-electron chi connectivity index (χ2n) is 6.17. The molecular weight excluding hydrogens is 456 g/mol. The molecule has 1 aliphatic rings. The molecule has 30 heavy (non-hydrogen) atoms. The molecule has 8 nitrogen and oxygen atoms in total. The first-order valence-electron chi connectivity index (χ1n) is 8.92. The number of halogens is 1. The Morgan fingerprint density at radius 2 is 1.80 bits per heavy atom. The minimum Gasteiger partial charge on any atom is -0.490 e.